The molecule has 1 amide bonds. The van der Waals surface area contributed by atoms with Crippen molar-refractivity contribution in [3.63, 3.8) is 0 Å². The maximum atomic E-state index is 13.0. The van der Waals surface area contributed by atoms with Crippen molar-refractivity contribution in [1.29, 1.82) is 0 Å². The van der Waals surface area contributed by atoms with Gasteiger partial charge in [-0.15, -0.1) is 0 Å². The van der Waals surface area contributed by atoms with E-state index < -0.39 is 0 Å². The lowest BCUT2D eigenvalue weighted by Gasteiger charge is -2.36. The molecular formula is C19H20ClFN2O3. The molecule has 0 atom stereocenters. The average Bonchev–Trinajstić information content (AvgIpc) is 2.68. The van der Waals surface area contributed by atoms with E-state index in [1.54, 1.807) is 25.2 Å². The predicted octanol–water partition coefficient (Wildman–Crippen LogP) is 3.46. The van der Waals surface area contributed by atoms with E-state index in [9.17, 15) is 9.18 Å². The molecule has 1 aliphatic heterocycles. The lowest BCUT2D eigenvalue weighted by atomic mass is 10.1. The highest BCUT2D eigenvalue weighted by Gasteiger charge is 2.24. The Hall–Kier alpha value is -2.47. The first-order chi connectivity index (χ1) is 12.5. The van der Waals surface area contributed by atoms with E-state index in [1.165, 1.54) is 24.3 Å². The first kappa shape index (κ1) is 18.3. The molecule has 2 aromatic rings. The van der Waals surface area contributed by atoms with Gasteiger partial charge in [0.1, 0.15) is 17.3 Å². The lowest BCUT2D eigenvalue weighted by molar-refractivity contribution is 0.0746. The number of carbonyl (C=O) groups excluding carboxylic acids is 1. The van der Waals surface area contributed by atoms with Crippen LogP contribution in [-0.4, -0.2) is 51.2 Å². The summed E-state index contributed by atoms with van der Waals surface area (Å²) in [6.07, 6.45) is 0. The molecule has 0 N–H and O–H groups in total. The zero-order valence-corrected chi connectivity index (χ0v) is 15.4. The Balaban J connectivity index is 1.72. The third kappa shape index (κ3) is 3.70. The molecule has 0 bridgehead atoms. The molecule has 3 rings (SSSR count). The molecule has 0 radical (unpaired) electrons. The summed E-state index contributed by atoms with van der Waals surface area (Å²) in [6, 6.07) is 9.20. The largest absolute Gasteiger partial charge is 0.495 e. The molecule has 1 fully saturated rings. The van der Waals surface area contributed by atoms with Crippen LogP contribution in [0.2, 0.25) is 5.02 Å². The van der Waals surface area contributed by atoms with Crippen LogP contribution in [0.4, 0.5) is 10.1 Å². The number of hydrogen-bond acceptors (Lipinski definition) is 4. The average molecular weight is 379 g/mol. The maximum Gasteiger partial charge on any atom is 0.253 e. The minimum atomic E-state index is -0.352. The van der Waals surface area contributed by atoms with Crippen molar-refractivity contribution < 1.29 is 18.7 Å². The van der Waals surface area contributed by atoms with Crippen molar-refractivity contribution in [3.05, 3.63) is 52.8 Å². The molecule has 0 aliphatic carbocycles. The number of nitrogens with zero attached hydrogens (tertiary/aromatic N) is 2. The van der Waals surface area contributed by atoms with Gasteiger partial charge in [-0.1, -0.05) is 11.6 Å². The monoisotopic (exact) mass is 378 g/mol. The van der Waals surface area contributed by atoms with E-state index in [1.807, 2.05) is 6.07 Å². The fourth-order valence-corrected chi connectivity index (χ4v) is 3.25. The number of anilines is 1. The number of methoxy groups -OCH3 is 2. The molecule has 26 heavy (non-hydrogen) atoms. The second-order valence-electron chi connectivity index (χ2n) is 5.94. The quantitative estimate of drug-likeness (QED) is 0.817. The van der Waals surface area contributed by atoms with Gasteiger partial charge in [-0.05, 0) is 24.3 Å². The molecule has 0 unspecified atom stereocenters. The summed E-state index contributed by atoms with van der Waals surface area (Å²) < 4.78 is 23.8. The molecule has 0 aromatic heterocycles. The SMILES string of the molecule is COc1cc(N2CCN(C(=O)c3ccc(F)cc3)CC2)c(OC)cc1Cl. The molecule has 1 heterocycles. The molecule has 2 aromatic carbocycles. The second kappa shape index (κ2) is 7.83. The molecular weight excluding hydrogens is 359 g/mol. The van der Waals surface area contributed by atoms with Crippen molar-refractivity contribution in [2.45, 2.75) is 0 Å². The van der Waals surface area contributed by atoms with Gasteiger partial charge < -0.3 is 19.3 Å². The Morgan fingerprint density at radius 1 is 1.00 bits per heavy atom. The first-order valence-corrected chi connectivity index (χ1v) is 8.62. The van der Waals surface area contributed by atoms with E-state index in [0.717, 1.165) is 5.69 Å². The van der Waals surface area contributed by atoms with Crippen LogP contribution in [0.1, 0.15) is 10.4 Å². The molecule has 7 heteroatoms. The number of ether oxygens (including phenoxy) is 2. The maximum absolute atomic E-state index is 13.0. The third-order valence-electron chi connectivity index (χ3n) is 4.45. The third-order valence-corrected chi connectivity index (χ3v) is 4.75. The number of rotatable bonds is 4. The van der Waals surface area contributed by atoms with Gasteiger partial charge in [0.05, 0.1) is 24.9 Å². The number of hydrogen-bond donors (Lipinski definition) is 0. The first-order valence-electron chi connectivity index (χ1n) is 8.25. The summed E-state index contributed by atoms with van der Waals surface area (Å²) in [4.78, 5) is 16.4. The minimum Gasteiger partial charge on any atom is -0.495 e. The highest BCUT2D eigenvalue weighted by Crippen LogP contribution is 2.38. The number of halogens is 2. The summed E-state index contributed by atoms with van der Waals surface area (Å²) >= 11 is 6.16. The Morgan fingerprint density at radius 2 is 1.62 bits per heavy atom. The highest BCUT2D eigenvalue weighted by molar-refractivity contribution is 6.32. The van der Waals surface area contributed by atoms with Crippen molar-refractivity contribution in [2.75, 3.05) is 45.3 Å². The van der Waals surface area contributed by atoms with Gasteiger partial charge in [0.25, 0.3) is 5.91 Å². The van der Waals surface area contributed by atoms with E-state index in [4.69, 9.17) is 21.1 Å². The minimum absolute atomic E-state index is 0.0923. The molecule has 138 valence electrons. The number of piperazine rings is 1. The van der Waals surface area contributed by atoms with Gasteiger partial charge in [-0.2, -0.15) is 0 Å². The zero-order valence-electron chi connectivity index (χ0n) is 14.7. The van der Waals surface area contributed by atoms with Crippen LogP contribution in [0.15, 0.2) is 36.4 Å². The topological polar surface area (TPSA) is 42.0 Å². The van der Waals surface area contributed by atoms with Crippen molar-refractivity contribution >= 4 is 23.2 Å². The fraction of sp³-hybridized carbons (Fsp3) is 0.316. The predicted molar refractivity (Wildman–Crippen MR) is 99.1 cm³/mol. The number of amides is 1. The van der Waals surface area contributed by atoms with Gasteiger partial charge in [0, 0.05) is 43.9 Å². The van der Waals surface area contributed by atoms with E-state index in [-0.39, 0.29) is 11.7 Å². The standard InChI is InChI=1S/C19H20ClFN2O3/c1-25-17-12-16(18(26-2)11-15(17)20)22-7-9-23(10-8-22)19(24)13-3-5-14(21)6-4-13/h3-6,11-12H,7-10H2,1-2H3. The van der Waals surface area contributed by atoms with Crippen LogP contribution in [0, 0.1) is 5.82 Å². The summed E-state index contributed by atoms with van der Waals surface area (Å²) in [7, 11) is 3.16. The Labute approximate surface area is 156 Å². The van der Waals surface area contributed by atoms with E-state index in [0.29, 0.717) is 48.3 Å². The van der Waals surface area contributed by atoms with Crippen molar-refractivity contribution in [2.24, 2.45) is 0 Å². The summed E-state index contributed by atoms with van der Waals surface area (Å²) in [5, 5.41) is 0.484. The fourth-order valence-electron chi connectivity index (χ4n) is 3.02. The normalized spacial score (nSPS) is 14.3. The Kier molecular flexibility index (Phi) is 5.52. The van der Waals surface area contributed by atoms with Crippen LogP contribution >= 0.6 is 11.6 Å². The van der Waals surface area contributed by atoms with Gasteiger partial charge in [-0.25, -0.2) is 4.39 Å². The van der Waals surface area contributed by atoms with E-state index in [2.05, 4.69) is 4.90 Å². The second-order valence-corrected chi connectivity index (χ2v) is 6.35. The van der Waals surface area contributed by atoms with Gasteiger partial charge >= 0.3 is 0 Å². The summed E-state index contributed by atoms with van der Waals surface area (Å²) in [5.41, 5.74) is 1.37. The zero-order chi connectivity index (χ0) is 18.7. The van der Waals surface area contributed by atoms with E-state index >= 15 is 0 Å². The van der Waals surface area contributed by atoms with Crippen molar-refractivity contribution in [3.8, 4) is 11.5 Å². The molecule has 1 saturated heterocycles. The smallest absolute Gasteiger partial charge is 0.253 e. The highest BCUT2D eigenvalue weighted by atomic mass is 35.5. The van der Waals surface area contributed by atoms with Crippen LogP contribution < -0.4 is 14.4 Å². The van der Waals surface area contributed by atoms with Gasteiger partial charge in [0.15, 0.2) is 0 Å². The van der Waals surface area contributed by atoms with Crippen LogP contribution in [-0.2, 0) is 0 Å². The Morgan fingerprint density at radius 3 is 2.19 bits per heavy atom. The van der Waals surface area contributed by atoms with Crippen LogP contribution in [0.25, 0.3) is 0 Å². The molecule has 0 spiro atoms. The van der Waals surface area contributed by atoms with Gasteiger partial charge in [-0.3, -0.25) is 4.79 Å². The lowest BCUT2D eigenvalue weighted by Crippen LogP contribution is -2.48. The Bertz CT molecular complexity index is 790. The number of benzene rings is 2. The summed E-state index contributed by atoms with van der Waals surface area (Å²) in [5.74, 6) is 0.793. The summed E-state index contributed by atoms with van der Waals surface area (Å²) in [6.45, 7) is 2.41. The van der Waals surface area contributed by atoms with Gasteiger partial charge in [0.2, 0.25) is 0 Å². The number of carbonyl (C=O) groups is 1. The van der Waals surface area contributed by atoms with Crippen LogP contribution in [0.5, 0.6) is 11.5 Å². The van der Waals surface area contributed by atoms with Crippen LogP contribution in [0.3, 0.4) is 0 Å². The molecule has 1 aliphatic rings. The molecule has 5 nitrogen and oxygen atoms in total. The molecule has 0 saturated carbocycles. The van der Waals surface area contributed by atoms with Crippen molar-refractivity contribution in [1.82, 2.24) is 4.90 Å².